The summed E-state index contributed by atoms with van der Waals surface area (Å²) in [6.45, 7) is 5.00. The van der Waals surface area contributed by atoms with Crippen LogP contribution in [0.5, 0.6) is 5.75 Å². The number of nitriles is 1. The van der Waals surface area contributed by atoms with E-state index in [-0.39, 0.29) is 17.5 Å². The molecule has 0 aliphatic carbocycles. The summed E-state index contributed by atoms with van der Waals surface area (Å²) in [5.41, 5.74) is 1.29. The topological polar surface area (TPSA) is 88.4 Å². The number of halogens is 1. The van der Waals surface area contributed by atoms with Crippen molar-refractivity contribution in [3.63, 3.8) is 0 Å². The van der Waals surface area contributed by atoms with E-state index in [1.54, 1.807) is 44.2 Å². The number of benzene rings is 3. The average molecular weight is 505 g/mol. The first-order chi connectivity index (χ1) is 17.1. The van der Waals surface area contributed by atoms with E-state index in [2.05, 4.69) is 11.4 Å². The van der Waals surface area contributed by atoms with E-state index < -0.39 is 17.5 Å². The number of methoxy groups -OCH3 is 1. The number of carbonyl (C=O) groups excluding carboxylic acids is 2. The Morgan fingerprint density at radius 3 is 2.42 bits per heavy atom. The van der Waals surface area contributed by atoms with Gasteiger partial charge in [-0.3, -0.25) is 4.79 Å². The molecule has 0 bridgehead atoms. The number of para-hydroxylation sites is 1. The Hall–Kier alpha value is -3.82. The first-order valence-electron chi connectivity index (χ1n) is 11.6. The highest BCUT2D eigenvalue weighted by Gasteiger charge is 2.35. The van der Waals surface area contributed by atoms with Gasteiger partial charge in [-0.1, -0.05) is 48.0 Å². The quantitative estimate of drug-likeness (QED) is 0.378. The van der Waals surface area contributed by atoms with Crippen LogP contribution in [0.15, 0.2) is 72.8 Å². The van der Waals surface area contributed by atoms with Crippen LogP contribution < -0.4 is 10.1 Å². The van der Waals surface area contributed by atoms with E-state index in [0.29, 0.717) is 22.8 Å². The smallest absolute Gasteiger partial charge is 0.342 e. The number of carbonyl (C=O) groups is 2. The van der Waals surface area contributed by atoms with Gasteiger partial charge in [-0.2, -0.15) is 5.26 Å². The highest BCUT2D eigenvalue weighted by molar-refractivity contribution is 6.30. The Morgan fingerprint density at radius 1 is 1.06 bits per heavy atom. The van der Waals surface area contributed by atoms with Gasteiger partial charge in [0.05, 0.1) is 18.7 Å². The normalized spacial score (nSPS) is 12.7. The first kappa shape index (κ1) is 26.8. The van der Waals surface area contributed by atoms with Crippen LogP contribution in [0.3, 0.4) is 0 Å². The highest BCUT2D eigenvalue weighted by atomic mass is 35.5. The van der Waals surface area contributed by atoms with E-state index >= 15 is 0 Å². The fourth-order valence-electron chi connectivity index (χ4n) is 3.92. The van der Waals surface area contributed by atoms with Gasteiger partial charge >= 0.3 is 5.97 Å². The number of rotatable bonds is 9. The third kappa shape index (κ3) is 6.65. The molecule has 3 rings (SSSR count). The molecule has 0 fully saturated rings. The number of hydrogen-bond acceptors (Lipinski definition) is 5. The SMILES string of the molecule is COc1ccccc1C(=O)OC(C)(C)C(=O)NC(C)C(Cc1ccc(Cl)cc1)c1cccc(C#N)c1. The maximum atomic E-state index is 13.3. The summed E-state index contributed by atoms with van der Waals surface area (Å²) in [6.07, 6.45) is 0.606. The highest BCUT2D eigenvalue weighted by Crippen LogP contribution is 2.27. The zero-order chi connectivity index (χ0) is 26.3. The molecule has 0 aromatic heterocycles. The number of nitrogens with zero attached hydrogens (tertiary/aromatic N) is 1. The minimum absolute atomic E-state index is 0.149. The van der Waals surface area contributed by atoms with Crippen molar-refractivity contribution in [2.75, 3.05) is 7.11 Å². The maximum Gasteiger partial charge on any atom is 0.342 e. The molecule has 2 unspecified atom stereocenters. The molecular weight excluding hydrogens is 476 g/mol. The average Bonchev–Trinajstić information content (AvgIpc) is 2.87. The van der Waals surface area contributed by atoms with Crippen molar-refractivity contribution < 1.29 is 19.1 Å². The van der Waals surface area contributed by atoms with Gasteiger partial charge in [0.2, 0.25) is 0 Å². The lowest BCUT2D eigenvalue weighted by atomic mass is 9.85. The van der Waals surface area contributed by atoms with Crippen LogP contribution in [0.2, 0.25) is 5.02 Å². The van der Waals surface area contributed by atoms with Gasteiger partial charge in [0.1, 0.15) is 11.3 Å². The molecule has 1 N–H and O–H groups in total. The summed E-state index contributed by atoms with van der Waals surface area (Å²) in [6, 6.07) is 23.4. The second-order valence-corrected chi connectivity index (χ2v) is 9.47. The molecule has 6 nitrogen and oxygen atoms in total. The predicted molar refractivity (Wildman–Crippen MR) is 139 cm³/mol. The molecular formula is C29H29ClN2O4. The fraction of sp³-hybridized carbons (Fsp3) is 0.276. The van der Waals surface area contributed by atoms with Crippen LogP contribution in [0.1, 0.15) is 53.7 Å². The van der Waals surface area contributed by atoms with Crippen molar-refractivity contribution in [3.05, 3.63) is 100 Å². The van der Waals surface area contributed by atoms with E-state index in [0.717, 1.165) is 11.1 Å². The molecule has 0 saturated heterocycles. The Morgan fingerprint density at radius 2 is 1.75 bits per heavy atom. The van der Waals surface area contributed by atoms with Gasteiger partial charge in [-0.05, 0) is 74.7 Å². The molecule has 0 spiro atoms. The second kappa shape index (κ2) is 11.7. The summed E-state index contributed by atoms with van der Waals surface area (Å²) in [4.78, 5) is 26.1. The van der Waals surface area contributed by atoms with Gasteiger partial charge in [0, 0.05) is 17.0 Å². The van der Waals surface area contributed by atoms with Crippen molar-refractivity contribution >= 4 is 23.5 Å². The van der Waals surface area contributed by atoms with Crippen LogP contribution in [0, 0.1) is 11.3 Å². The fourth-order valence-corrected chi connectivity index (χ4v) is 4.05. The van der Waals surface area contributed by atoms with Crippen molar-refractivity contribution in [3.8, 4) is 11.8 Å². The van der Waals surface area contributed by atoms with E-state index in [1.807, 2.05) is 49.4 Å². The van der Waals surface area contributed by atoms with Crippen LogP contribution >= 0.6 is 11.6 Å². The van der Waals surface area contributed by atoms with Gasteiger partial charge in [-0.15, -0.1) is 0 Å². The molecule has 36 heavy (non-hydrogen) atoms. The molecule has 0 heterocycles. The van der Waals surface area contributed by atoms with E-state index in [1.165, 1.54) is 7.11 Å². The van der Waals surface area contributed by atoms with Crippen LogP contribution in [0.25, 0.3) is 0 Å². The summed E-state index contributed by atoms with van der Waals surface area (Å²) < 4.78 is 10.8. The second-order valence-electron chi connectivity index (χ2n) is 9.04. The van der Waals surface area contributed by atoms with Crippen LogP contribution in [-0.2, 0) is 16.0 Å². The number of nitrogens with one attached hydrogen (secondary N) is 1. The molecule has 3 aromatic rings. The lowest BCUT2D eigenvalue weighted by molar-refractivity contribution is -0.138. The van der Waals surface area contributed by atoms with Gasteiger partial charge < -0.3 is 14.8 Å². The Bertz CT molecular complexity index is 1260. The number of amides is 1. The Kier molecular flexibility index (Phi) is 8.73. The molecule has 0 aliphatic rings. The van der Waals surface area contributed by atoms with Crippen molar-refractivity contribution in [2.24, 2.45) is 0 Å². The molecule has 2 atom stereocenters. The third-order valence-corrected chi connectivity index (χ3v) is 6.25. The summed E-state index contributed by atoms with van der Waals surface area (Å²) >= 11 is 6.05. The standard InChI is InChI=1S/C29H29ClN2O4/c1-19(32-28(34)29(2,3)36-27(33)24-10-5-6-11-26(24)35-4)25(17-20-12-14-23(30)15-13-20)22-9-7-8-21(16-22)18-31/h5-16,19,25H,17H2,1-4H3,(H,32,34). The molecule has 1 amide bonds. The van der Waals surface area contributed by atoms with Crippen LogP contribution in [0.4, 0.5) is 0 Å². The number of hydrogen-bond donors (Lipinski definition) is 1. The van der Waals surface area contributed by atoms with E-state index in [9.17, 15) is 14.9 Å². The predicted octanol–water partition coefficient (Wildman–Crippen LogP) is 5.69. The monoisotopic (exact) mass is 504 g/mol. The first-order valence-corrected chi connectivity index (χ1v) is 11.9. The Labute approximate surface area is 216 Å². The van der Waals surface area contributed by atoms with Crippen molar-refractivity contribution in [1.82, 2.24) is 5.32 Å². The summed E-state index contributed by atoms with van der Waals surface area (Å²) in [7, 11) is 1.47. The van der Waals surface area contributed by atoms with Gasteiger partial charge in [0.15, 0.2) is 5.60 Å². The minimum Gasteiger partial charge on any atom is -0.496 e. The zero-order valence-electron chi connectivity index (χ0n) is 20.7. The summed E-state index contributed by atoms with van der Waals surface area (Å²) in [5.74, 6) is -0.868. The number of esters is 1. The van der Waals surface area contributed by atoms with Crippen molar-refractivity contribution in [2.45, 2.75) is 44.8 Å². The summed E-state index contributed by atoms with van der Waals surface area (Å²) in [5, 5.41) is 13.0. The maximum absolute atomic E-state index is 13.3. The molecule has 3 aromatic carbocycles. The molecule has 7 heteroatoms. The molecule has 0 radical (unpaired) electrons. The zero-order valence-corrected chi connectivity index (χ0v) is 21.5. The Balaban J connectivity index is 1.81. The van der Waals surface area contributed by atoms with Crippen LogP contribution in [-0.4, -0.2) is 30.6 Å². The van der Waals surface area contributed by atoms with Gasteiger partial charge in [-0.25, -0.2) is 4.79 Å². The number of ether oxygens (including phenoxy) is 2. The largest absolute Gasteiger partial charge is 0.496 e. The lowest BCUT2D eigenvalue weighted by Crippen LogP contribution is -2.50. The minimum atomic E-state index is -1.44. The molecule has 0 saturated carbocycles. The lowest BCUT2D eigenvalue weighted by Gasteiger charge is -2.30. The van der Waals surface area contributed by atoms with Gasteiger partial charge in [0.25, 0.3) is 5.91 Å². The third-order valence-electron chi connectivity index (χ3n) is 6.00. The van der Waals surface area contributed by atoms with Crippen molar-refractivity contribution in [1.29, 1.82) is 5.26 Å². The molecule has 186 valence electrons. The molecule has 0 aliphatic heterocycles. The van der Waals surface area contributed by atoms with E-state index in [4.69, 9.17) is 21.1 Å².